The molecule has 0 aliphatic rings. The van der Waals surface area contributed by atoms with Gasteiger partial charge in [0.1, 0.15) is 17.0 Å². The van der Waals surface area contributed by atoms with Crippen molar-refractivity contribution in [2.75, 3.05) is 0 Å². The molecule has 0 N–H and O–H groups in total. The second-order valence-corrected chi connectivity index (χ2v) is 5.36. The van der Waals surface area contributed by atoms with Crippen LogP contribution in [0.2, 0.25) is 0 Å². The molecular weight excluding hydrogens is 320 g/mol. The second-order valence-electron chi connectivity index (χ2n) is 5.36. The van der Waals surface area contributed by atoms with Crippen molar-refractivity contribution >= 4 is 28.9 Å². The largest absolute Gasteiger partial charge is 0.457 e. The summed E-state index contributed by atoms with van der Waals surface area (Å²) in [5.41, 5.74) is 2.19. The van der Waals surface area contributed by atoms with Crippen LogP contribution in [0.25, 0.3) is 34.6 Å². The maximum absolute atomic E-state index is 10.9. The van der Waals surface area contributed by atoms with Crippen LogP contribution >= 0.6 is 0 Å². The minimum atomic E-state index is -0.430. The molecule has 4 aromatic rings. The number of hydrogen-bond donors (Lipinski definition) is 0. The number of fused-ring (bicyclic) bond motifs is 1. The number of nitro groups is 1. The molecule has 6 nitrogen and oxygen atoms in total. The number of furan rings is 1. The van der Waals surface area contributed by atoms with Crippen LogP contribution in [0.3, 0.4) is 0 Å². The monoisotopic (exact) mass is 332 g/mol. The molecule has 2 aromatic heterocycles. The summed E-state index contributed by atoms with van der Waals surface area (Å²) in [6.45, 7) is 0. The molecule has 0 radical (unpaired) electrons. The second kappa shape index (κ2) is 6.09. The fraction of sp³-hybridized carbons (Fsp3) is 0. The fourth-order valence-corrected chi connectivity index (χ4v) is 2.49. The third-order valence-corrected chi connectivity index (χ3v) is 3.67. The number of nitrogens with zero attached hydrogens (tertiary/aromatic N) is 2. The van der Waals surface area contributed by atoms with Crippen molar-refractivity contribution in [1.82, 2.24) is 4.98 Å². The van der Waals surface area contributed by atoms with Gasteiger partial charge in [0.05, 0.1) is 4.92 Å². The Hall–Kier alpha value is -3.67. The van der Waals surface area contributed by atoms with Gasteiger partial charge in [0.15, 0.2) is 5.58 Å². The van der Waals surface area contributed by atoms with Crippen LogP contribution in [0.15, 0.2) is 69.5 Å². The van der Waals surface area contributed by atoms with E-state index in [1.54, 1.807) is 36.4 Å². The standard InChI is InChI=1S/C19H12N2O4/c22-21(23)14-5-3-4-13(12-14)17-10-8-15(24-17)9-11-19-20-16-6-1-2-7-18(16)25-19/h1-12H/b11-9-. The first-order valence-electron chi connectivity index (χ1n) is 7.57. The summed E-state index contributed by atoms with van der Waals surface area (Å²) < 4.78 is 11.3. The Labute approximate surface area is 142 Å². The number of para-hydroxylation sites is 2. The van der Waals surface area contributed by atoms with Crippen LogP contribution in [-0.2, 0) is 0 Å². The highest BCUT2D eigenvalue weighted by atomic mass is 16.6. The number of oxazole rings is 1. The van der Waals surface area contributed by atoms with Crippen LogP contribution < -0.4 is 0 Å². The first-order chi connectivity index (χ1) is 12.2. The lowest BCUT2D eigenvalue weighted by Crippen LogP contribution is -1.87. The summed E-state index contributed by atoms with van der Waals surface area (Å²) in [5, 5.41) is 10.9. The normalized spacial score (nSPS) is 11.4. The zero-order chi connectivity index (χ0) is 17.2. The predicted molar refractivity (Wildman–Crippen MR) is 93.7 cm³/mol. The average molecular weight is 332 g/mol. The van der Waals surface area contributed by atoms with Gasteiger partial charge in [-0.3, -0.25) is 10.1 Å². The van der Waals surface area contributed by atoms with E-state index in [0.717, 1.165) is 11.1 Å². The van der Waals surface area contributed by atoms with E-state index in [4.69, 9.17) is 8.83 Å². The van der Waals surface area contributed by atoms with Crippen LogP contribution in [0.5, 0.6) is 0 Å². The predicted octanol–water partition coefficient (Wildman–Crippen LogP) is 5.17. The lowest BCUT2D eigenvalue weighted by Gasteiger charge is -1.96. The number of nitro benzene ring substituents is 1. The number of benzene rings is 2. The molecule has 0 fully saturated rings. The highest BCUT2D eigenvalue weighted by molar-refractivity contribution is 5.75. The van der Waals surface area contributed by atoms with Crippen molar-refractivity contribution in [3.63, 3.8) is 0 Å². The maximum atomic E-state index is 10.9. The van der Waals surface area contributed by atoms with E-state index in [2.05, 4.69) is 4.98 Å². The maximum Gasteiger partial charge on any atom is 0.270 e. The highest BCUT2D eigenvalue weighted by Crippen LogP contribution is 2.26. The molecule has 2 heterocycles. The van der Waals surface area contributed by atoms with Crippen molar-refractivity contribution in [1.29, 1.82) is 0 Å². The number of non-ortho nitro benzene ring substituents is 1. The molecule has 0 aliphatic carbocycles. The van der Waals surface area contributed by atoms with Gasteiger partial charge < -0.3 is 8.83 Å². The Morgan fingerprint density at radius 2 is 1.84 bits per heavy atom. The van der Waals surface area contributed by atoms with E-state index in [1.165, 1.54) is 12.1 Å². The van der Waals surface area contributed by atoms with Gasteiger partial charge in [0.25, 0.3) is 5.69 Å². The third kappa shape index (κ3) is 3.05. The van der Waals surface area contributed by atoms with E-state index in [0.29, 0.717) is 23.0 Å². The molecule has 2 aromatic carbocycles. The van der Waals surface area contributed by atoms with E-state index in [9.17, 15) is 10.1 Å². The van der Waals surface area contributed by atoms with Gasteiger partial charge >= 0.3 is 0 Å². The van der Waals surface area contributed by atoms with Gasteiger partial charge in [-0.25, -0.2) is 4.98 Å². The van der Waals surface area contributed by atoms with Gasteiger partial charge in [-0.15, -0.1) is 0 Å². The van der Waals surface area contributed by atoms with Gasteiger partial charge in [0.2, 0.25) is 5.89 Å². The first-order valence-corrected chi connectivity index (χ1v) is 7.57. The quantitative estimate of drug-likeness (QED) is 0.380. The van der Waals surface area contributed by atoms with Crippen LogP contribution in [0.4, 0.5) is 5.69 Å². The molecule has 0 amide bonds. The lowest BCUT2D eigenvalue weighted by atomic mass is 10.1. The molecule has 0 unspecified atom stereocenters. The Bertz CT molecular complexity index is 1060. The third-order valence-electron chi connectivity index (χ3n) is 3.67. The van der Waals surface area contributed by atoms with Crippen molar-refractivity contribution < 1.29 is 13.8 Å². The Balaban J connectivity index is 1.58. The zero-order valence-electron chi connectivity index (χ0n) is 13.0. The summed E-state index contributed by atoms with van der Waals surface area (Å²) in [7, 11) is 0. The Kier molecular flexibility index (Phi) is 3.63. The van der Waals surface area contributed by atoms with Crippen LogP contribution in [-0.4, -0.2) is 9.91 Å². The van der Waals surface area contributed by atoms with Crippen molar-refractivity contribution in [2.24, 2.45) is 0 Å². The van der Waals surface area contributed by atoms with E-state index < -0.39 is 4.92 Å². The van der Waals surface area contributed by atoms with Crippen LogP contribution in [0, 0.1) is 10.1 Å². The summed E-state index contributed by atoms with van der Waals surface area (Å²) in [5.74, 6) is 1.64. The van der Waals surface area contributed by atoms with Crippen molar-refractivity contribution in [3.8, 4) is 11.3 Å². The number of hydrogen-bond acceptors (Lipinski definition) is 5. The molecule has 4 rings (SSSR count). The number of rotatable bonds is 4. The summed E-state index contributed by atoms with van der Waals surface area (Å²) in [6.07, 6.45) is 3.46. The van der Waals surface area contributed by atoms with Gasteiger partial charge in [-0.1, -0.05) is 24.3 Å². The smallest absolute Gasteiger partial charge is 0.270 e. The summed E-state index contributed by atoms with van der Waals surface area (Å²) in [6, 6.07) is 17.4. The average Bonchev–Trinajstić information content (AvgIpc) is 3.26. The Morgan fingerprint density at radius 3 is 2.68 bits per heavy atom. The SMILES string of the molecule is O=[N+]([O-])c1cccc(-c2ccc(/C=C\c3nc4ccccc4o3)o2)c1. The van der Waals surface area contributed by atoms with Gasteiger partial charge in [-0.2, -0.15) is 0 Å². The minimum absolute atomic E-state index is 0.0254. The van der Waals surface area contributed by atoms with Gasteiger partial charge in [-0.05, 0) is 30.3 Å². The molecule has 0 saturated carbocycles. The van der Waals surface area contributed by atoms with E-state index in [1.807, 2.05) is 24.3 Å². The molecule has 25 heavy (non-hydrogen) atoms. The fourth-order valence-electron chi connectivity index (χ4n) is 2.49. The molecule has 0 atom stereocenters. The molecule has 6 heteroatoms. The zero-order valence-corrected chi connectivity index (χ0v) is 13.0. The highest BCUT2D eigenvalue weighted by Gasteiger charge is 2.09. The summed E-state index contributed by atoms with van der Waals surface area (Å²) in [4.78, 5) is 14.8. The lowest BCUT2D eigenvalue weighted by molar-refractivity contribution is -0.384. The summed E-state index contributed by atoms with van der Waals surface area (Å²) >= 11 is 0. The topological polar surface area (TPSA) is 82.3 Å². The molecule has 122 valence electrons. The molecular formula is C19H12N2O4. The Morgan fingerprint density at radius 1 is 0.960 bits per heavy atom. The molecule has 0 spiro atoms. The molecule has 0 saturated heterocycles. The van der Waals surface area contributed by atoms with Crippen molar-refractivity contribution in [3.05, 3.63) is 82.4 Å². The molecule has 0 aliphatic heterocycles. The van der Waals surface area contributed by atoms with Crippen LogP contribution in [0.1, 0.15) is 11.7 Å². The molecule has 0 bridgehead atoms. The van der Waals surface area contributed by atoms with E-state index in [-0.39, 0.29) is 5.69 Å². The van der Waals surface area contributed by atoms with Gasteiger partial charge in [0, 0.05) is 23.8 Å². The van der Waals surface area contributed by atoms with Crippen molar-refractivity contribution in [2.45, 2.75) is 0 Å². The first kappa shape index (κ1) is 14.9. The minimum Gasteiger partial charge on any atom is -0.457 e. The van der Waals surface area contributed by atoms with E-state index >= 15 is 0 Å². The number of aromatic nitrogens is 1.